The summed E-state index contributed by atoms with van der Waals surface area (Å²) in [6.45, 7) is 3.07. The molecule has 0 spiro atoms. The molecule has 10 nitrogen and oxygen atoms in total. The Balaban J connectivity index is 1.28. The molecule has 4 rings (SSSR count). The second-order valence-electron chi connectivity index (χ2n) is 7.27. The molecule has 0 radical (unpaired) electrons. The number of nitrogens with one attached hydrogen (secondary N) is 3. The summed E-state index contributed by atoms with van der Waals surface area (Å²) in [4.78, 5) is 37.5. The number of carbonyl (C=O) groups is 3. The summed E-state index contributed by atoms with van der Waals surface area (Å²) in [6.07, 6.45) is 2.29. The number of thioether (sulfide) groups is 1. The van der Waals surface area contributed by atoms with E-state index >= 15 is 0 Å². The molecule has 0 saturated carbocycles. The summed E-state index contributed by atoms with van der Waals surface area (Å²) in [5.41, 5.74) is 1.78. The number of ether oxygens (including phenoxy) is 1. The molecule has 2 aliphatic rings. The smallest absolute Gasteiger partial charge is 0.344 e. The number of hydrogen-bond acceptors (Lipinski definition) is 9. The molecule has 0 bridgehead atoms. The summed E-state index contributed by atoms with van der Waals surface area (Å²) < 4.78 is 6.16. The minimum Gasteiger partial charge on any atom is -0.376 e. The number of amides is 4. The van der Waals surface area contributed by atoms with Crippen LogP contribution in [0.4, 0.5) is 9.93 Å². The van der Waals surface area contributed by atoms with Gasteiger partial charge in [-0.25, -0.2) is 4.79 Å². The Morgan fingerprint density at radius 3 is 2.90 bits per heavy atom. The zero-order chi connectivity index (χ0) is 21.8. The SMILES string of the molecule is C[C@]1(c2ccccc2)NC(=O)N(NC(=O)CSc2nnc(NC[C@@H]3CCCO3)s2)C1=O. The number of hydrazine groups is 1. The highest BCUT2D eigenvalue weighted by molar-refractivity contribution is 8.01. The highest BCUT2D eigenvalue weighted by Crippen LogP contribution is 2.28. The van der Waals surface area contributed by atoms with E-state index in [-0.39, 0.29) is 11.9 Å². The standard InChI is InChI=1S/C19H22N6O4S2/c1-19(12-6-3-2-4-7-12)15(27)25(17(28)21-19)24-14(26)11-30-18-23-22-16(31-18)20-10-13-8-5-9-29-13/h2-4,6-7,13H,5,8-11H2,1H3,(H,20,22)(H,21,28)(H,24,26)/t13-,19+/m0/s1. The number of aromatic nitrogens is 2. The second-order valence-corrected chi connectivity index (χ2v) is 9.47. The van der Waals surface area contributed by atoms with Crippen LogP contribution in [0, 0.1) is 0 Å². The van der Waals surface area contributed by atoms with Gasteiger partial charge in [-0.05, 0) is 25.3 Å². The van der Waals surface area contributed by atoms with Crippen LogP contribution < -0.4 is 16.1 Å². The molecule has 2 aromatic rings. The first kappa shape index (κ1) is 21.5. The van der Waals surface area contributed by atoms with Crippen molar-refractivity contribution in [1.29, 1.82) is 0 Å². The molecule has 4 amide bonds. The zero-order valence-electron chi connectivity index (χ0n) is 16.8. The van der Waals surface area contributed by atoms with E-state index in [1.807, 2.05) is 6.07 Å². The van der Waals surface area contributed by atoms with E-state index < -0.39 is 23.4 Å². The van der Waals surface area contributed by atoms with Crippen LogP contribution in [-0.4, -0.2) is 58.1 Å². The third kappa shape index (κ3) is 4.81. The van der Waals surface area contributed by atoms with Gasteiger partial charge in [0.15, 0.2) is 4.34 Å². The van der Waals surface area contributed by atoms with Gasteiger partial charge >= 0.3 is 6.03 Å². The molecule has 1 aromatic carbocycles. The summed E-state index contributed by atoms with van der Waals surface area (Å²) in [5, 5.41) is 15.3. The number of benzene rings is 1. The molecule has 3 N–H and O–H groups in total. The Hall–Kier alpha value is -2.70. The van der Waals surface area contributed by atoms with Gasteiger partial charge in [0, 0.05) is 13.2 Å². The average molecular weight is 463 g/mol. The molecular weight excluding hydrogens is 440 g/mol. The molecule has 2 saturated heterocycles. The normalized spacial score (nSPS) is 23.1. The van der Waals surface area contributed by atoms with Gasteiger partial charge in [-0.3, -0.25) is 15.0 Å². The number of imide groups is 1. The number of anilines is 1. The third-order valence-corrected chi connectivity index (χ3v) is 7.03. The maximum Gasteiger partial charge on any atom is 0.344 e. The molecule has 2 fully saturated rings. The van der Waals surface area contributed by atoms with E-state index in [0.29, 0.717) is 21.6 Å². The molecule has 3 heterocycles. The van der Waals surface area contributed by atoms with Crippen LogP contribution in [0.2, 0.25) is 0 Å². The predicted molar refractivity (Wildman–Crippen MR) is 115 cm³/mol. The first-order chi connectivity index (χ1) is 15.0. The number of rotatable bonds is 8. The van der Waals surface area contributed by atoms with Crippen LogP contribution in [-0.2, 0) is 19.9 Å². The van der Waals surface area contributed by atoms with Crippen molar-refractivity contribution >= 4 is 46.1 Å². The lowest BCUT2D eigenvalue weighted by atomic mass is 9.92. The van der Waals surface area contributed by atoms with Crippen molar-refractivity contribution in [1.82, 2.24) is 25.9 Å². The van der Waals surface area contributed by atoms with Crippen molar-refractivity contribution in [2.45, 2.75) is 35.7 Å². The Morgan fingerprint density at radius 2 is 2.16 bits per heavy atom. The van der Waals surface area contributed by atoms with Crippen molar-refractivity contribution in [2.75, 3.05) is 24.2 Å². The van der Waals surface area contributed by atoms with E-state index in [0.717, 1.165) is 24.5 Å². The number of carbonyl (C=O) groups excluding carboxylic acids is 3. The lowest BCUT2D eigenvalue weighted by Gasteiger charge is -2.22. The number of hydrogen-bond donors (Lipinski definition) is 3. The van der Waals surface area contributed by atoms with Gasteiger partial charge < -0.3 is 15.4 Å². The van der Waals surface area contributed by atoms with Crippen LogP contribution in [0.3, 0.4) is 0 Å². The van der Waals surface area contributed by atoms with Gasteiger partial charge in [-0.15, -0.1) is 10.2 Å². The molecule has 0 unspecified atom stereocenters. The molecule has 2 atom stereocenters. The molecule has 12 heteroatoms. The largest absolute Gasteiger partial charge is 0.376 e. The van der Waals surface area contributed by atoms with Gasteiger partial charge in [0.1, 0.15) is 5.54 Å². The molecular formula is C19H22N6O4S2. The Labute approximate surface area is 187 Å². The van der Waals surface area contributed by atoms with Crippen molar-refractivity contribution in [3.63, 3.8) is 0 Å². The molecule has 0 aliphatic carbocycles. The topological polar surface area (TPSA) is 126 Å². The van der Waals surface area contributed by atoms with Gasteiger partial charge in [0.25, 0.3) is 5.91 Å². The van der Waals surface area contributed by atoms with E-state index in [1.54, 1.807) is 31.2 Å². The van der Waals surface area contributed by atoms with Gasteiger partial charge in [-0.2, -0.15) is 5.01 Å². The van der Waals surface area contributed by atoms with E-state index in [1.165, 1.54) is 23.1 Å². The first-order valence-electron chi connectivity index (χ1n) is 9.79. The predicted octanol–water partition coefficient (Wildman–Crippen LogP) is 1.72. The highest BCUT2D eigenvalue weighted by atomic mass is 32.2. The van der Waals surface area contributed by atoms with Crippen LogP contribution in [0.15, 0.2) is 34.7 Å². The minimum atomic E-state index is -1.23. The summed E-state index contributed by atoms with van der Waals surface area (Å²) in [7, 11) is 0. The minimum absolute atomic E-state index is 0.0144. The molecule has 1 aromatic heterocycles. The van der Waals surface area contributed by atoms with Crippen LogP contribution in [0.5, 0.6) is 0 Å². The van der Waals surface area contributed by atoms with E-state index in [9.17, 15) is 14.4 Å². The Bertz CT molecular complexity index is 965. The maximum atomic E-state index is 12.8. The van der Waals surface area contributed by atoms with Gasteiger partial charge in [0.05, 0.1) is 11.9 Å². The van der Waals surface area contributed by atoms with E-state index in [4.69, 9.17) is 4.74 Å². The fourth-order valence-corrected chi connectivity index (χ4v) is 4.89. The average Bonchev–Trinajstić information content (AvgIpc) is 3.50. The Morgan fingerprint density at radius 1 is 1.35 bits per heavy atom. The van der Waals surface area contributed by atoms with Crippen molar-refractivity contribution in [3.8, 4) is 0 Å². The lowest BCUT2D eigenvalue weighted by molar-refractivity contribution is -0.138. The third-order valence-electron chi connectivity index (χ3n) is 5.02. The number of urea groups is 1. The highest BCUT2D eigenvalue weighted by Gasteiger charge is 2.49. The Kier molecular flexibility index (Phi) is 6.39. The first-order valence-corrected chi connectivity index (χ1v) is 11.6. The molecule has 164 valence electrons. The molecule has 2 aliphatic heterocycles. The maximum absolute atomic E-state index is 12.8. The summed E-state index contributed by atoms with van der Waals surface area (Å²) in [5.74, 6) is -1.05. The van der Waals surface area contributed by atoms with Crippen LogP contribution in [0.1, 0.15) is 25.3 Å². The fourth-order valence-electron chi connectivity index (χ4n) is 3.34. The van der Waals surface area contributed by atoms with Gasteiger partial charge in [0.2, 0.25) is 11.0 Å². The monoisotopic (exact) mass is 462 g/mol. The second kappa shape index (κ2) is 9.20. The van der Waals surface area contributed by atoms with Crippen molar-refractivity contribution < 1.29 is 19.1 Å². The fraction of sp³-hybridized carbons (Fsp3) is 0.421. The number of nitrogens with zero attached hydrogens (tertiary/aromatic N) is 3. The summed E-state index contributed by atoms with van der Waals surface area (Å²) in [6, 6.07) is 8.21. The molecule has 31 heavy (non-hydrogen) atoms. The van der Waals surface area contributed by atoms with E-state index in [2.05, 4.69) is 26.3 Å². The van der Waals surface area contributed by atoms with Gasteiger partial charge in [-0.1, -0.05) is 53.4 Å². The summed E-state index contributed by atoms with van der Waals surface area (Å²) >= 11 is 2.51. The van der Waals surface area contributed by atoms with Crippen LogP contribution in [0.25, 0.3) is 0 Å². The zero-order valence-corrected chi connectivity index (χ0v) is 18.4. The van der Waals surface area contributed by atoms with Crippen LogP contribution >= 0.6 is 23.1 Å². The van der Waals surface area contributed by atoms with Crippen molar-refractivity contribution in [2.24, 2.45) is 0 Å². The van der Waals surface area contributed by atoms with Crippen molar-refractivity contribution in [3.05, 3.63) is 35.9 Å². The quantitative estimate of drug-likeness (QED) is 0.400. The lowest BCUT2D eigenvalue weighted by Crippen LogP contribution is -2.48.